The molecule has 4 heteroatoms. The van der Waals surface area contributed by atoms with Crippen molar-refractivity contribution in [2.45, 2.75) is 0 Å². The molecule has 0 atom stereocenters. The highest BCUT2D eigenvalue weighted by molar-refractivity contribution is 6.20. The molecule has 0 fully saturated rings. The summed E-state index contributed by atoms with van der Waals surface area (Å²) in [6.45, 7) is 0. The molecule has 2 heterocycles. The Kier molecular flexibility index (Phi) is 7.50. The fraction of sp³-hybridized carbons (Fsp3) is 0. The minimum atomic E-state index is 0.603. The number of rotatable bonds is 5. The zero-order chi connectivity index (χ0) is 38.9. The summed E-state index contributed by atoms with van der Waals surface area (Å²) in [6, 6.07) is 70.6. The molecular weight excluding hydrogens is 719 g/mol. The Morgan fingerprint density at radius 1 is 0.271 bits per heavy atom. The van der Waals surface area contributed by atoms with Crippen molar-refractivity contribution in [2.24, 2.45) is 0 Å². The molecule has 0 saturated heterocycles. The molecule has 2 aromatic heterocycles. The van der Waals surface area contributed by atoms with Gasteiger partial charge < -0.3 is 4.42 Å². The number of hydrogen-bond acceptors (Lipinski definition) is 4. The summed E-state index contributed by atoms with van der Waals surface area (Å²) in [6.07, 6.45) is 0. The van der Waals surface area contributed by atoms with Crippen molar-refractivity contribution in [3.63, 3.8) is 0 Å². The van der Waals surface area contributed by atoms with E-state index in [2.05, 4.69) is 140 Å². The minimum absolute atomic E-state index is 0.603. The summed E-state index contributed by atoms with van der Waals surface area (Å²) >= 11 is 0. The number of aromatic nitrogens is 3. The zero-order valence-electron chi connectivity index (χ0n) is 31.8. The third-order valence-corrected chi connectivity index (χ3v) is 11.7. The molecule has 59 heavy (non-hydrogen) atoms. The van der Waals surface area contributed by atoms with Crippen molar-refractivity contribution in [1.82, 2.24) is 15.0 Å². The van der Waals surface area contributed by atoms with Gasteiger partial charge in [-0.15, -0.1) is 0 Å². The van der Waals surface area contributed by atoms with Crippen LogP contribution in [-0.4, -0.2) is 15.0 Å². The van der Waals surface area contributed by atoms with Crippen LogP contribution in [0.15, 0.2) is 205 Å². The Morgan fingerprint density at radius 2 is 0.729 bits per heavy atom. The highest BCUT2D eigenvalue weighted by Crippen LogP contribution is 2.45. The molecule has 0 N–H and O–H groups in total. The van der Waals surface area contributed by atoms with Crippen molar-refractivity contribution < 1.29 is 4.42 Å². The number of furan rings is 1. The monoisotopic (exact) mass is 751 g/mol. The van der Waals surface area contributed by atoms with E-state index < -0.39 is 0 Å². The normalized spacial score (nSPS) is 11.7. The van der Waals surface area contributed by atoms with Crippen LogP contribution in [0.2, 0.25) is 0 Å². The number of nitrogens with zero attached hydrogens (tertiary/aromatic N) is 3. The lowest BCUT2D eigenvalue weighted by Crippen LogP contribution is -2.00. The molecule has 0 radical (unpaired) electrons. The minimum Gasteiger partial charge on any atom is -0.455 e. The Labute approximate surface area is 339 Å². The predicted octanol–water partition coefficient (Wildman–Crippen LogP) is 14.7. The van der Waals surface area contributed by atoms with Crippen LogP contribution >= 0.6 is 0 Å². The van der Waals surface area contributed by atoms with Crippen LogP contribution in [0.3, 0.4) is 0 Å². The maximum absolute atomic E-state index is 6.97. The van der Waals surface area contributed by atoms with Crippen molar-refractivity contribution in [2.75, 3.05) is 0 Å². The van der Waals surface area contributed by atoms with Gasteiger partial charge in [-0.3, -0.25) is 0 Å². The molecule has 0 bridgehead atoms. The second-order valence-electron chi connectivity index (χ2n) is 15.1. The third kappa shape index (κ3) is 5.49. The summed E-state index contributed by atoms with van der Waals surface area (Å²) in [5.41, 5.74) is 8.88. The van der Waals surface area contributed by atoms with Gasteiger partial charge in [0.25, 0.3) is 0 Å². The van der Waals surface area contributed by atoms with Crippen LogP contribution in [-0.2, 0) is 0 Å². The van der Waals surface area contributed by atoms with Gasteiger partial charge in [0, 0.05) is 33.0 Å². The first-order chi connectivity index (χ1) is 29.2. The molecule has 0 aliphatic heterocycles. The molecule has 0 spiro atoms. The van der Waals surface area contributed by atoms with Crippen LogP contribution in [0, 0.1) is 0 Å². The Hall–Kier alpha value is -7.95. The van der Waals surface area contributed by atoms with Gasteiger partial charge in [-0.25, -0.2) is 15.0 Å². The Morgan fingerprint density at radius 3 is 1.32 bits per heavy atom. The number of benzene rings is 10. The van der Waals surface area contributed by atoms with Gasteiger partial charge in [0.05, 0.1) is 0 Å². The zero-order valence-corrected chi connectivity index (χ0v) is 31.8. The summed E-state index contributed by atoms with van der Waals surface area (Å²) in [4.78, 5) is 15.1. The quantitative estimate of drug-likeness (QED) is 0.164. The molecule has 0 amide bonds. The second kappa shape index (κ2) is 13.3. The first-order valence-electron chi connectivity index (χ1n) is 19.9. The Bertz CT molecular complexity index is 3550. The van der Waals surface area contributed by atoms with Gasteiger partial charge in [-0.1, -0.05) is 158 Å². The van der Waals surface area contributed by atoms with E-state index in [0.717, 1.165) is 55.3 Å². The van der Waals surface area contributed by atoms with Gasteiger partial charge in [0.15, 0.2) is 17.5 Å². The van der Waals surface area contributed by atoms with Gasteiger partial charge in [-0.05, 0) is 102 Å². The molecule has 10 aromatic carbocycles. The fourth-order valence-electron chi connectivity index (χ4n) is 8.88. The lowest BCUT2D eigenvalue weighted by Gasteiger charge is -2.15. The molecule has 0 unspecified atom stereocenters. The first kappa shape index (κ1) is 33.2. The smallest absolute Gasteiger partial charge is 0.164 e. The summed E-state index contributed by atoms with van der Waals surface area (Å²) in [5.74, 6) is 1.86. The second-order valence-corrected chi connectivity index (χ2v) is 15.1. The van der Waals surface area contributed by atoms with E-state index in [0.29, 0.717) is 17.5 Å². The molecule has 0 saturated carbocycles. The molecule has 274 valence electrons. The van der Waals surface area contributed by atoms with E-state index in [1.54, 1.807) is 0 Å². The molecule has 0 aliphatic rings. The molecule has 4 nitrogen and oxygen atoms in total. The van der Waals surface area contributed by atoms with Crippen molar-refractivity contribution in [3.8, 4) is 56.4 Å². The predicted molar refractivity (Wildman–Crippen MR) is 244 cm³/mol. The van der Waals surface area contributed by atoms with E-state index >= 15 is 0 Å². The van der Waals surface area contributed by atoms with Crippen LogP contribution in [0.4, 0.5) is 0 Å². The average Bonchev–Trinajstić information content (AvgIpc) is 3.69. The Balaban J connectivity index is 1.16. The molecular formula is C55H33N3O. The van der Waals surface area contributed by atoms with E-state index in [1.807, 2.05) is 60.7 Å². The standard InChI is InChI=1S/C55H33N3O/c1-3-15-34(16-4-1)53-56-54(35-17-5-2-6-18-35)58-55(57-53)38-27-28-51-48(31-38)50-33-39(46-29-36-19-7-9-21-40(36)42-23-11-13-25-44(42)46)32-49(52(50)59-51)47-30-37-20-8-10-22-41(37)43-24-12-14-26-45(43)47/h1-33H. The fourth-order valence-corrected chi connectivity index (χ4v) is 8.88. The number of fused-ring (bicyclic) bond motifs is 9. The summed E-state index contributed by atoms with van der Waals surface area (Å²) in [7, 11) is 0. The molecule has 0 aliphatic carbocycles. The lowest BCUT2D eigenvalue weighted by molar-refractivity contribution is 0.670. The summed E-state index contributed by atoms with van der Waals surface area (Å²) in [5, 5.41) is 11.7. The van der Waals surface area contributed by atoms with E-state index in [-0.39, 0.29) is 0 Å². The van der Waals surface area contributed by atoms with E-state index in [9.17, 15) is 0 Å². The maximum atomic E-state index is 6.97. The third-order valence-electron chi connectivity index (χ3n) is 11.7. The number of hydrogen-bond donors (Lipinski definition) is 0. The van der Waals surface area contributed by atoms with Crippen LogP contribution < -0.4 is 0 Å². The van der Waals surface area contributed by atoms with Gasteiger partial charge in [0.2, 0.25) is 0 Å². The molecule has 12 aromatic rings. The topological polar surface area (TPSA) is 51.8 Å². The maximum Gasteiger partial charge on any atom is 0.164 e. The van der Waals surface area contributed by atoms with Crippen molar-refractivity contribution >= 4 is 65.0 Å². The van der Waals surface area contributed by atoms with Crippen LogP contribution in [0.1, 0.15) is 0 Å². The van der Waals surface area contributed by atoms with Gasteiger partial charge in [-0.2, -0.15) is 0 Å². The highest BCUT2D eigenvalue weighted by Gasteiger charge is 2.21. The van der Waals surface area contributed by atoms with Crippen LogP contribution in [0.25, 0.3) is 121 Å². The van der Waals surface area contributed by atoms with E-state index in [1.165, 1.54) is 48.7 Å². The van der Waals surface area contributed by atoms with Crippen molar-refractivity contribution in [3.05, 3.63) is 200 Å². The van der Waals surface area contributed by atoms with E-state index in [4.69, 9.17) is 19.4 Å². The largest absolute Gasteiger partial charge is 0.455 e. The summed E-state index contributed by atoms with van der Waals surface area (Å²) < 4.78 is 6.97. The van der Waals surface area contributed by atoms with Crippen molar-refractivity contribution in [1.29, 1.82) is 0 Å². The van der Waals surface area contributed by atoms with Gasteiger partial charge in [0.1, 0.15) is 11.2 Å². The molecule has 12 rings (SSSR count). The lowest BCUT2D eigenvalue weighted by atomic mass is 9.88. The SMILES string of the molecule is c1ccc(-c2nc(-c3ccccc3)nc(-c3ccc4oc5c(-c6cc7ccccc7c7ccccc67)cc(-c6cc7ccccc7c7ccccc67)cc5c4c3)n2)cc1. The van der Waals surface area contributed by atoms with Gasteiger partial charge >= 0.3 is 0 Å². The first-order valence-corrected chi connectivity index (χ1v) is 19.9. The van der Waals surface area contributed by atoms with Crippen LogP contribution in [0.5, 0.6) is 0 Å². The average molecular weight is 752 g/mol. The highest BCUT2D eigenvalue weighted by atomic mass is 16.3.